The van der Waals surface area contributed by atoms with E-state index in [2.05, 4.69) is 10.3 Å². The molecule has 2 aromatic carbocycles. The van der Waals surface area contributed by atoms with Gasteiger partial charge in [0.25, 0.3) is 11.5 Å². The number of hydrogen-bond donors (Lipinski definition) is 1. The van der Waals surface area contributed by atoms with Crippen molar-refractivity contribution >= 4 is 38.9 Å². The van der Waals surface area contributed by atoms with E-state index >= 15 is 0 Å². The van der Waals surface area contributed by atoms with Crippen LogP contribution in [0.5, 0.6) is 0 Å². The predicted octanol–water partition coefficient (Wildman–Crippen LogP) is 3.59. The molecule has 0 fully saturated rings. The maximum absolute atomic E-state index is 12.5. The van der Waals surface area contributed by atoms with Crippen LogP contribution in [0.4, 0.5) is 5.69 Å². The van der Waals surface area contributed by atoms with Gasteiger partial charge >= 0.3 is 0 Å². The van der Waals surface area contributed by atoms with Crippen LogP contribution < -0.4 is 10.9 Å². The number of nitrogens with one attached hydrogen (secondary N) is 1. The smallest absolute Gasteiger partial charge is 0.271 e. The zero-order valence-electron chi connectivity index (χ0n) is 14.7. The number of nitrogens with zero attached hydrogens (tertiary/aromatic N) is 2. The molecule has 4 rings (SSSR count). The number of fused-ring (bicyclic) bond motifs is 1. The van der Waals surface area contributed by atoms with E-state index in [1.54, 1.807) is 60.0 Å². The highest BCUT2D eigenvalue weighted by molar-refractivity contribution is 7.17. The Morgan fingerprint density at radius 3 is 2.46 bits per heavy atom. The van der Waals surface area contributed by atoms with E-state index in [4.69, 9.17) is 0 Å². The van der Waals surface area contributed by atoms with Gasteiger partial charge < -0.3 is 5.32 Å². The number of aromatic nitrogens is 2. The minimum Gasteiger partial charge on any atom is -0.322 e. The number of rotatable bonds is 5. The summed E-state index contributed by atoms with van der Waals surface area (Å²) >= 11 is 1.31. The molecular formula is C21H15N3O3S. The van der Waals surface area contributed by atoms with Crippen LogP contribution in [0.15, 0.2) is 77.2 Å². The van der Waals surface area contributed by atoms with Crippen molar-refractivity contribution in [1.82, 2.24) is 9.55 Å². The summed E-state index contributed by atoms with van der Waals surface area (Å²) in [5.41, 5.74) is 2.01. The number of hydrogen-bond acceptors (Lipinski definition) is 5. The summed E-state index contributed by atoms with van der Waals surface area (Å²) < 4.78 is 1.85. The fourth-order valence-corrected chi connectivity index (χ4v) is 3.56. The van der Waals surface area contributed by atoms with Crippen molar-refractivity contribution in [1.29, 1.82) is 0 Å². The van der Waals surface area contributed by atoms with E-state index in [0.717, 1.165) is 0 Å². The van der Waals surface area contributed by atoms with Crippen LogP contribution in [0.25, 0.3) is 10.2 Å². The first-order chi connectivity index (χ1) is 13.6. The van der Waals surface area contributed by atoms with Crippen molar-refractivity contribution < 1.29 is 9.59 Å². The van der Waals surface area contributed by atoms with E-state index in [0.29, 0.717) is 27.0 Å². The minimum absolute atomic E-state index is 0.0879. The quantitative estimate of drug-likeness (QED) is 0.529. The Labute approximate surface area is 164 Å². The lowest BCUT2D eigenvalue weighted by Gasteiger charge is -2.07. The van der Waals surface area contributed by atoms with Crippen LogP contribution in [-0.4, -0.2) is 21.2 Å². The SMILES string of the molecule is O=C(Cn1cnc2ccsc2c1=O)c1ccc(NC(=O)c2ccccc2)cc1. The average Bonchev–Trinajstić information content (AvgIpc) is 3.21. The van der Waals surface area contributed by atoms with Gasteiger partial charge in [0.15, 0.2) is 5.78 Å². The molecule has 4 aromatic rings. The zero-order chi connectivity index (χ0) is 19.5. The number of thiophene rings is 1. The number of anilines is 1. The number of carbonyl (C=O) groups excluding carboxylic acids is 2. The Bertz CT molecular complexity index is 1210. The molecule has 6 nitrogen and oxygen atoms in total. The van der Waals surface area contributed by atoms with Crippen LogP contribution in [-0.2, 0) is 6.54 Å². The molecule has 0 atom stereocenters. The van der Waals surface area contributed by atoms with E-state index in [1.807, 2.05) is 6.07 Å². The molecule has 2 aromatic heterocycles. The van der Waals surface area contributed by atoms with E-state index in [1.165, 1.54) is 22.2 Å². The van der Waals surface area contributed by atoms with Gasteiger partial charge in [-0.1, -0.05) is 18.2 Å². The van der Waals surface area contributed by atoms with Gasteiger partial charge in [-0.25, -0.2) is 4.98 Å². The third kappa shape index (κ3) is 3.60. The minimum atomic E-state index is -0.222. The molecule has 0 aliphatic rings. The van der Waals surface area contributed by atoms with Crippen LogP contribution in [0.3, 0.4) is 0 Å². The summed E-state index contributed by atoms with van der Waals surface area (Å²) in [6, 6.07) is 17.2. The molecule has 0 unspecified atom stereocenters. The molecule has 1 amide bonds. The molecule has 0 spiro atoms. The van der Waals surface area contributed by atoms with Crippen LogP contribution in [0, 0.1) is 0 Å². The molecule has 0 radical (unpaired) electrons. The van der Waals surface area contributed by atoms with E-state index in [-0.39, 0.29) is 23.8 Å². The highest BCUT2D eigenvalue weighted by Crippen LogP contribution is 2.15. The summed E-state index contributed by atoms with van der Waals surface area (Å²) in [5, 5.41) is 4.59. The van der Waals surface area contributed by atoms with E-state index < -0.39 is 0 Å². The molecule has 28 heavy (non-hydrogen) atoms. The average molecular weight is 389 g/mol. The van der Waals surface area contributed by atoms with Crippen LogP contribution in [0.2, 0.25) is 0 Å². The molecular weight excluding hydrogens is 374 g/mol. The first-order valence-corrected chi connectivity index (χ1v) is 9.42. The predicted molar refractivity (Wildman–Crippen MR) is 109 cm³/mol. The number of carbonyl (C=O) groups is 2. The fraction of sp³-hybridized carbons (Fsp3) is 0.0476. The van der Waals surface area contributed by atoms with Crippen LogP contribution in [0.1, 0.15) is 20.7 Å². The third-order valence-electron chi connectivity index (χ3n) is 4.25. The van der Waals surface area contributed by atoms with Gasteiger partial charge in [-0.2, -0.15) is 0 Å². The first kappa shape index (κ1) is 17.8. The molecule has 0 bridgehead atoms. The molecule has 2 heterocycles. The standard InChI is InChI=1S/C21H15N3O3S/c25-18(12-24-13-22-17-10-11-28-19(17)21(24)27)14-6-8-16(9-7-14)23-20(26)15-4-2-1-3-5-15/h1-11,13H,12H2,(H,23,26). The lowest BCUT2D eigenvalue weighted by molar-refractivity contribution is 0.0970. The van der Waals surface area contributed by atoms with Crippen molar-refractivity contribution in [3.05, 3.63) is 93.9 Å². The van der Waals surface area contributed by atoms with E-state index in [9.17, 15) is 14.4 Å². The summed E-state index contributed by atoms with van der Waals surface area (Å²) in [6.07, 6.45) is 1.39. The van der Waals surface area contributed by atoms with Gasteiger partial charge in [0.2, 0.25) is 0 Å². The normalized spacial score (nSPS) is 10.7. The van der Waals surface area contributed by atoms with Gasteiger partial charge in [-0.05, 0) is 47.8 Å². The summed E-state index contributed by atoms with van der Waals surface area (Å²) in [7, 11) is 0. The lowest BCUT2D eigenvalue weighted by atomic mass is 10.1. The monoisotopic (exact) mass is 389 g/mol. The van der Waals surface area contributed by atoms with Gasteiger partial charge in [-0.3, -0.25) is 19.0 Å². The molecule has 138 valence electrons. The Balaban J connectivity index is 1.47. The van der Waals surface area contributed by atoms with Crippen molar-refractivity contribution in [3.8, 4) is 0 Å². The Morgan fingerprint density at radius 1 is 0.964 bits per heavy atom. The maximum Gasteiger partial charge on any atom is 0.271 e. The molecule has 0 saturated carbocycles. The van der Waals surface area contributed by atoms with Crippen molar-refractivity contribution in [3.63, 3.8) is 0 Å². The Hall–Kier alpha value is -3.58. The third-order valence-corrected chi connectivity index (χ3v) is 5.14. The molecule has 7 heteroatoms. The molecule has 1 N–H and O–H groups in total. The zero-order valence-corrected chi connectivity index (χ0v) is 15.5. The second kappa shape index (κ2) is 7.58. The summed E-state index contributed by atoms with van der Waals surface area (Å²) in [5.74, 6) is -0.428. The van der Waals surface area contributed by atoms with Crippen molar-refractivity contribution in [2.75, 3.05) is 5.32 Å². The number of ketones is 1. The first-order valence-electron chi connectivity index (χ1n) is 8.54. The second-order valence-electron chi connectivity index (χ2n) is 6.13. The van der Waals surface area contributed by atoms with Gasteiger partial charge in [-0.15, -0.1) is 11.3 Å². The van der Waals surface area contributed by atoms with Gasteiger partial charge in [0, 0.05) is 16.8 Å². The molecule has 0 saturated heterocycles. The molecule has 0 aliphatic heterocycles. The Kier molecular flexibility index (Phi) is 4.82. The number of benzene rings is 2. The van der Waals surface area contributed by atoms with Gasteiger partial charge in [0.1, 0.15) is 4.70 Å². The lowest BCUT2D eigenvalue weighted by Crippen LogP contribution is -2.24. The van der Waals surface area contributed by atoms with Crippen molar-refractivity contribution in [2.45, 2.75) is 6.54 Å². The topological polar surface area (TPSA) is 81.1 Å². The maximum atomic E-state index is 12.5. The summed E-state index contributed by atoms with van der Waals surface area (Å²) in [6.45, 7) is -0.0879. The summed E-state index contributed by atoms with van der Waals surface area (Å²) in [4.78, 5) is 41.3. The van der Waals surface area contributed by atoms with Crippen molar-refractivity contribution in [2.24, 2.45) is 0 Å². The highest BCUT2D eigenvalue weighted by atomic mass is 32.1. The highest BCUT2D eigenvalue weighted by Gasteiger charge is 2.12. The number of amides is 1. The largest absolute Gasteiger partial charge is 0.322 e. The number of Topliss-reactive ketones (excluding diaryl/α,β-unsaturated/α-hetero) is 1. The van der Waals surface area contributed by atoms with Gasteiger partial charge in [0.05, 0.1) is 18.4 Å². The van der Waals surface area contributed by atoms with Crippen LogP contribution >= 0.6 is 11.3 Å². The molecule has 0 aliphatic carbocycles. The fourth-order valence-electron chi connectivity index (χ4n) is 2.77. The Morgan fingerprint density at radius 2 is 1.71 bits per heavy atom. The second-order valence-corrected chi connectivity index (χ2v) is 7.05.